The molecule has 0 aromatic rings. The fraction of sp³-hybridized carbons (Fsp3) is 0.700. The normalized spacial score (nSPS) is 34.4. The van der Waals surface area contributed by atoms with Gasteiger partial charge in [-0.1, -0.05) is 25.2 Å². The van der Waals surface area contributed by atoms with Crippen LogP contribution in [0, 0.1) is 17.3 Å². The Morgan fingerprint density at radius 2 is 1.93 bits per heavy atom. The molecule has 3 rings (SSSR count). The maximum Gasteiger partial charge on any atom is 0.331 e. The predicted octanol–water partition coefficient (Wildman–Crippen LogP) is 2.14. The van der Waals surface area contributed by atoms with E-state index in [4.69, 9.17) is 9.47 Å². The number of allylic oxidation sites excluding steroid dienone is 2. The van der Waals surface area contributed by atoms with Gasteiger partial charge in [0.15, 0.2) is 5.79 Å². The largest absolute Gasteiger partial charge is 0.481 e. The van der Waals surface area contributed by atoms with Crippen LogP contribution in [0.3, 0.4) is 0 Å². The molecule has 7 nitrogen and oxygen atoms in total. The molecule has 0 radical (unpaired) electrons. The number of carboxylic acid groups (broad SMARTS) is 2. The Hall–Kier alpha value is -1.70. The number of hydrogen-bond donors (Lipinski definition) is 2. The van der Waals surface area contributed by atoms with Gasteiger partial charge in [-0.15, -0.1) is 0 Å². The molecule has 0 saturated carbocycles. The third-order valence-electron chi connectivity index (χ3n) is 6.24. The third-order valence-corrected chi connectivity index (χ3v) is 6.24. The predicted molar refractivity (Wildman–Crippen MR) is 98.2 cm³/mol. The highest BCUT2D eigenvalue weighted by molar-refractivity contribution is 5.91. The van der Waals surface area contributed by atoms with E-state index in [-0.39, 0.29) is 17.6 Å². The van der Waals surface area contributed by atoms with E-state index in [0.717, 1.165) is 19.6 Å². The van der Waals surface area contributed by atoms with Crippen LogP contribution in [0.25, 0.3) is 0 Å². The highest BCUT2D eigenvalue weighted by Crippen LogP contribution is 2.48. The summed E-state index contributed by atoms with van der Waals surface area (Å²) in [5, 5.41) is 19.5. The van der Waals surface area contributed by atoms with Gasteiger partial charge in [0.25, 0.3) is 0 Å². The van der Waals surface area contributed by atoms with E-state index in [1.807, 2.05) is 13.8 Å². The van der Waals surface area contributed by atoms with Crippen LogP contribution >= 0.6 is 0 Å². The molecule has 3 unspecified atom stereocenters. The zero-order valence-corrected chi connectivity index (χ0v) is 16.2. The highest BCUT2D eigenvalue weighted by atomic mass is 16.7. The van der Waals surface area contributed by atoms with Crippen molar-refractivity contribution in [1.29, 1.82) is 0 Å². The molecule has 27 heavy (non-hydrogen) atoms. The lowest BCUT2D eigenvalue weighted by Crippen LogP contribution is -2.50. The SMILES string of the molecule is CC1C(C(=O)O)=CC=CC1(C(=O)O)C1CCN(CC2COC(C)(C)O2)CC1. The Morgan fingerprint density at radius 3 is 2.44 bits per heavy atom. The molecule has 2 aliphatic heterocycles. The van der Waals surface area contributed by atoms with Gasteiger partial charge in [0.1, 0.15) is 0 Å². The lowest BCUT2D eigenvalue weighted by Gasteiger charge is -2.45. The molecule has 3 aliphatic rings. The number of carbonyl (C=O) groups is 2. The number of likely N-dealkylation sites (tertiary alicyclic amines) is 1. The first-order valence-corrected chi connectivity index (χ1v) is 9.56. The second-order valence-electron chi connectivity index (χ2n) is 8.27. The minimum Gasteiger partial charge on any atom is -0.481 e. The van der Waals surface area contributed by atoms with Gasteiger partial charge < -0.3 is 24.6 Å². The highest BCUT2D eigenvalue weighted by Gasteiger charge is 2.52. The van der Waals surface area contributed by atoms with Crippen LogP contribution in [0.5, 0.6) is 0 Å². The van der Waals surface area contributed by atoms with E-state index >= 15 is 0 Å². The number of piperidine rings is 1. The summed E-state index contributed by atoms with van der Waals surface area (Å²) < 4.78 is 11.5. The average Bonchev–Trinajstić information content (AvgIpc) is 2.94. The van der Waals surface area contributed by atoms with Crippen molar-refractivity contribution in [2.45, 2.75) is 45.5 Å². The molecule has 0 aromatic heterocycles. The number of ether oxygens (including phenoxy) is 2. The van der Waals surface area contributed by atoms with Gasteiger partial charge in [-0.2, -0.15) is 0 Å². The van der Waals surface area contributed by atoms with E-state index in [2.05, 4.69) is 4.90 Å². The van der Waals surface area contributed by atoms with Gasteiger partial charge in [-0.25, -0.2) is 4.79 Å². The fourth-order valence-corrected chi connectivity index (χ4v) is 4.77. The van der Waals surface area contributed by atoms with Gasteiger partial charge in [0.2, 0.25) is 0 Å². The molecule has 3 atom stereocenters. The summed E-state index contributed by atoms with van der Waals surface area (Å²) in [7, 11) is 0. The number of carboxylic acids is 2. The first kappa shape index (κ1) is 20.0. The smallest absolute Gasteiger partial charge is 0.331 e. The fourth-order valence-electron chi connectivity index (χ4n) is 4.77. The maximum absolute atomic E-state index is 12.3. The molecule has 2 heterocycles. The molecule has 0 spiro atoms. The zero-order chi connectivity index (χ0) is 19.8. The molecule has 2 saturated heterocycles. The number of hydrogen-bond acceptors (Lipinski definition) is 5. The lowest BCUT2D eigenvalue weighted by molar-refractivity contribution is -0.154. The van der Waals surface area contributed by atoms with E-state index < -0.39 is 29.1 Å². The molecule has 2 fully saturated rings. The minimum atomic E-state index is -1.16. The third kappa shape index (κ3) is 3.81. The Labute approximate surface area is 159 Å². The summed E-state index contributed by atoms with van der Waals surface area (Å²) in [6, 6.07) is 0. The minimum absolute atomic E-state index is 0.0278. The van der Waals surface area contributed by atoms with Crippen LogP contribution in [-0.2, 0) is 19.1 Å². The topological polar surface area (TPSA) is 96.3 Å². The second kappa shape index (κ2) is 7.37. The Bertz CT molecular complexity index is 661. The van der Waals surface area contributed by atoms with Crippen LogP contribution in [0.15, 0.2) is 23.8 Å². The van der Waals surface area contributed by atoms with E-state index in [0.29, 0.717) is 19.4 Å². The Kier molecular flexibility index (Phi) is 5.47. The van der Waals surface area contributed by atoms with Gasteiger partial charge in [-0.05, 0) is 45.7 Å². The molecule has 2 N–H and O–H groups in total. The summed E-state index contributed by atoms with van der Waals surface area (Å²) in [6.07, 6.45) is 6.26. The van der Waals surface area contributed by atoms with Crippen LogP contribution in [-0.4, -0.2) is 65.2 Å². The van der Waals surface area contributed by atoms with Crippen molar-refractivity contribution in [1.82, 2.24) is 4.90 Å². The molecular weight excluding hydrogens is 350 g/mol. The quantitative estimate of drug-likeness (QED) is 0.755. The summed E-state index contributed by atoms with van der Waals surface area (Å²) in [6.45, 7) is 8.40. The van der Waals surface area contributed by atoms with Crippen LogP contribution in [0.4, 0.5) is 0 Å². The second-order valence-corrected chi connectivity index (χ2v) is 8.27. The van der Waals surface area contributed by atoms with Gasteiger partial charge in [0.05, 0.1) is 18.1 Å². The van der Waals surface area contributed by atoms with Gasteiger partial charge in [0, 0.05) is 18.0 Å². The average molecular weight is 379 g/mol. The molecule has 150 valence electrons. The van der Waals surface area contributed by atoms with E-state index in [9.17, 15) is 19.8 Å². The standard InChI is InChI=1S/C20H29NO6/c1-13-16(17(22)23)5-4-8-20(13,18(24)25)14-6-9-21(10-7-14)11-15-12-26-19(2,3)27-15/h4-5,8,13-15H,6-7,9-12H2,1-3H3,(H,22,23)(H,24,25). The maximum atomic E-state index is 12.3. The van der Waals surface area contributed by atoms with Gasteiger partial charge in [-0.3, -0.25) is 4.79 Å². The van der Waals surface area contributed by atoms with Crippen molar-refractivity contribution >= 4 is 11.9 Å². The number of nitrogens with zero attached hydrogens (tertiary/aromatic N) is 1. The first-order valence-electron chi connectivity index (χ1n) is 9.56. The summed E-state index contributed by atoms with van der Waals surface area (Å²) in [5.74, 6) is -3.20. The molecule has 7 heteroatoms. The number of rotatable bonds is 5. The van der Waals surface area contributed by atoms with Crippen molar-refractivity contribution in [3.63, 3.8) is 0 Å². The summed E-state index contributed by atoms with van der Waals surface area (Å²) in [4.78, 5) is 26.1. The molecule has 0 bridgehead atoms. The molecule has 0 aromatic carbocycles. The van der Waals surface area contributed by atoms with Crippen molar-refractivity contribution in [3.05, 3.63) is 23.8 Å². The summed E-state index contributed by atoms with van der Waals surface area (Å²) in [5.41, 5.74) is -0.996. The first-order chi connectivity index (χ1) is 12.7. The molecular formula is C20H29NO6. The Balaban J connectivity index is 1.66. The van der Waals surface area contributed by atoms with Gasteiger partial charge >= 0.3 is 11.9 Å². The molecule has 1 aliphatic carbocycles. The Morgan fingerprint density at radius 1 is 1.26 bits per heavy atom. The van der Waals surface area contributed by atoms with Crippen molar-refractivity contribution < 1.29 is 29.3 Å². The molecule has 0 amide bonds. The van der Waals surface area contributed by atoms with Crippen LogP contribution in [0.1, 0.15) is 33.6 Å². The lowest BCUT2D eigenvalue weighted by atomic mass is 9.60. The van der Waals surface area contributed by atoms with Crippen molar-refractivity contribution in [2.24, 2.45) is 17.3 Å². The van der Waals surface area contributed by atoms with E-state index in [1.54, 1.807) is 19.1 Å². The van der Waals surface area contributed by atoms with Crippen LogP contribution in [0.2, 0.25) is 0 Å². The number of aliphatic carboxylic acids is 2. The van der Waals surface area contributed by atoms with Crippen molar-refractivity contribution in [3.8, 4) is 0 Å². The monoisotopic (exact) mass is 379 g/mol. The summed E-state index contributed by atoms with van der Waals surface area (Å²) >= 11 is 0. The van der Waals surface area contributed by atoms with Crippen molar-refractivity contribution in [2.75, 3.05) is 26.2 Å². The van der Waals surface area contributed by atoms with Crippen LogP contribution < -0.4 is 0 Å². The van der Waals surface area contributed by atoms with E-state index in [1.165, 1.54) is 6.08 Å². The zero-order valence-electron chi connectivity index (χ0n) is 16.2.